The number of hydrogen-bond donors (Lipinski definition) is 1. The number of halogens is 1. The lowest BCUT2D eigenvalue weighted by molar-refractivity contribution is -0.152. The molecule has 2 aromatic rings. The molecule has 1 unspecified atom stereocenters. The number of carbonyl (C=O) groups is 1. The molecular formula is C18H17ClO3. The van der Waals surface area contributed by atoms with Crippen molar-refractivity contribution in [1.29, 1.82) is 0 Å². The fraction of sp³-hybridized carbons (Fsp3) is 0.278. The zero-order valence-electron chi connectivity index (χ0n) is 12.2. The van der Waals surface area contributed by atoms with Crippen LogP contribution in [0.5, 0.6) is 0 Å². The van der Waals surface area contributed by atoms with Gasteiger partial charge in [-0.2, -0.15) is 0 Å². The zero-order chi connectivity index (χ0) is 15.7. The summed E-state index contributed by atoms with van der Waals surface area (Å²) in [6, 6.07) is 16.7. The van der Waals surface area contributed by atoms with Crippen molar-refractivity contribution in [3.8, 4) is 0 Å². The van der Waals surface area contributed by atoms with E-state index in [9.17, 15) is 9.90 Å². The van der Waals surface area contributed by atoms with Gasteiger partial charge >= 0.3 is 5.97 Å². The molecule has 1 aliphatic rings. The van der Waals surface area contributed by atoms with Crippen LogP contribution >= 0.6 is 11.6 Å². The maximum atomic E-state index is 12.4. The third-order valence-corrected chi connectivity index (χ3v) is 4.70. The fourth-order valence-corrected chi connectivity index (χ4v) is 3.28. The number of benzene rings is 2. The second-order valence-corrected chi connectivity index (χ2v) is 6.09. The van der Waals surface area contributed by atoms with Crippen LogP contribution in [0.1, 0.15) is 29.6 Å². The molecule has 22 heavy (non-hydrogen) atoms. The first-order valence-electron chi connectivity index (χ1n) is 7.16. The molecule has 0 saturated heterocycles. The van der Waals surface area contributed by atoms with E-state index in [0.29, 0.717) is 17.0 Å². The largest absolute Gasteiger partial charge is 0.468 e. The number of aliphatic hydroxyl groups excluding tert-OH is 1. The Morgan fingerprint density at radius 3 is 2.45 bits per heavy atom. The van der Waals surface area contributed by atoms with Crippen LogP contribution in [0.4, 0.5) is 0 Å². The van der Waals surface area contributed by atoms with Crippen molar-refractivity contribution in [1.82, 2.24) is 0 Å². The molecule has 0 radical (unpaired) electrons. The Morgan fingerprint density at radius 2 is 1.86 bits per heavy atom. The highest BCUT2D eigenvalue weighted by molar-refractivity contribution is 6.30. The monoisotopic (exact) mass is 316 g/mol. The minimum atomic E-state index is -0.914. The number of esters is 1. The van der Waals surface area contributed by atoms with Gasteiger partial charge in [0.05, 0.1) is 13.2 Å². The van der Waals surface area contributed by atoms with E-state index < -0.39 is 11.5 Å². The second-order valence-electron chi connectivity index (χ2n) is 5.65. The molecule has 4 heteroatoms. The molecule has 0 aliphatic heterocycles. The molecule has 2 aromatic carbocycles. The summed E-state index contributed by atoms with van der Waals surface area (Å²) in [5.41, 5.74) is 0.804. The third-order valence-electron chi connectivity index (χ3n) is 4.44. The summed E-state index contributed by atoms with van der Waals surface area (Å²) in [5, 5.41) is 11.4. The molecule has 1 fully saturated rings. The Labute approximate surface area is 134 Å². The number of carbonyl (C=O) groups excluding carboxylic acids is 1. The predicted octanol–water partition coefficient (Wildman–Crippen LogP) is 3.72. The minimum absolute atomic E-state index is 0.0353. The average molecular weight is 317 g/mol. The molecule has 1 aliphatic carbocycles. The van der Waals surface area contributed by atoms with Crippen molar-refractivity contribution in [2.75, 3.05) is 7.11 Å². The Kier molecular flexibility index (Phi) is 3.94. The molecule has 3 nitrogen and oxygen atoms in total. The number of methoxy groups -OCH3 is 1. The lowest BCUT2D eigenvalue weighted by atomic mass is 9.88. The van der Waals surface area contributed by atoms with Crippen LogP contribution in [-0.2, 0) is 9.53 Å². The van der Waals surface area contributed by atoms with Crippen molar-refractivity contribution >= 4 is 17.6 Å². The molecule has 0 spiro atoms. The summed E-state index contributed by atoms with van der Waals surface area (Å²) in [6.07, 6.45) is -0.338. The van der Waals surface area contributed by atoms with Crippen molar-refractivity contribution < 1.29 is 14.6 Å². The molecule has 114 valence electrons. The van der Waals surface area contributed by atoms with Gasteiger partial charge in [-0.1, -0.05) is 54.1 Å². The van der Waals surface area contributed by atoms with Gasteiger partial charge in [-0.25, -0.2) is 0 Å². The summed E-state index contributed by atoms with van der Waals surface area (Å²) < 4.78 is 4.97. The van der Waals surface area contributed by atoms with Gasteiger partial charge in [0.1, 0.15) is 5.41 Å². The van der Waals surface area contributed by atoms with Gasteiger partial charge < -0.3 is 9.84 Å². The maximum Gasteiger partial charge on any atom is 0.315 e. The summed E-state index contributed by atoms with van der Waals surface area (Å²) in [4.78, 5) is 12.4. The lowest BCUT2D eigenvalue weighted by Gasteiger charge is -2.22. The van der Waals surface area contributed by atoms with E-state index in [1.807, 2.05) is 30.3 Å². The van der Waals surface area contributed by atoms with E-state index >= 15 is 0 Å². The summed E-state index contributed by atoms with van der Waals surface area (Å²) in [5.74, 6) is -0.407. The average Bonchev–Trinajstić information content (AvgIpc) is 3.32. The predicted molar refractivity (Wildman–Crippen MR) is 84.7 cm³/mol. The first-order valence-corrected chi connectivity index (χ1v) is 7.54. The van der Waals surface area contributed by atoms with Gasteiger partial charge in [-0.3, -0.25) is 4.79 Å². The molecule has 3 rings (SSSR count). The highest BCUT2D eigenvalue weighted by Gasteiger charge is 2.66. The standard InChI is InChI=1S/C18H17ClO3/c1-22-17(21)18(11-15(18)12-5-3-2-4-6-12)16(20)13-7-9-14(19)10-8-13/h2-10,15-16,20H,11H2,1H3/t15-,16?,18-/m1/s1. The number of aliphatic hydroxyl groups is 1. The zero-order valence-corrected chi connectivity index (χ0v) is 13.0. The fourth-order valence-electron chi connectivity index (χ4n) is 3.15. The van der Waals surface area contributed by atoms with Crippen LogP contribution in [0.25, 0.3) is 0 Å². The third kappa shape index (κ3) is 2.40. The second kappa shape index (κ2) is 5.75. The normalized spacial score (nSPS) is 24.6. The first kappa shape index (κ1) is 15.1. The van der Waals surface area contributed by atoms with Crippen molar-refractivity contribution in [3.63, 3.8) is 0 Å². The highest BCUT2D eigenvalue weighted by atomic mass is 35.5. The molecule has 0 aromatic heterocycles. The minimum Gasteiger partial charge on any atom is -0.468 e. The highest BCUT2D eigenvalue weighted by Crippen LogP contribution is 2.66. The summed E-state index contributed by atoms with van der Waals surface area (Å²) in [6.45, 7) is 0. The van der Waals surface area contributed by atoms with Crippen molar-refractivity contribution in [3.05, 3.63) is 70.7 Å². The molecule has 0 bridgehead atoms. The Morgan fingerprint density at radius 1 is 1.23 bits per heavy atom. The molecule has 0 amide bonds. The van der Waals surface area contributed by atoms with Gasteiger partial charge in [-0.15, -0.1) is 0 Å². The molecular weight excluding hydrogens is 300 g/mol. The lowest BCUT2D eigenvalue weighted by Crippen LogP contribution is -2.27. The quantitative estimate of drug-likeness (QED) is 0.874. The first-order chi connectivity index (χ1) is 10.6. The van der Waals surface area contributed by atoms with Gasteiger partial charge in [0.2, 0.25) is 0 Å². The van der Waals surface area contributed by atoms with Gasteiger partial charge in [0.25, 0.3) is 0 Å². The van der Waals surface area contributed by atoms with Crippen LogP contribution in [0.15, 0.2) is 54.6 Å². The molecule has 0 heterocycles. The van der Waals surface area contributed by atoms with Crippen molar-refractivity contribution in [2.45, 2.75) is 18.4 Å². The Balaban J connectivity index is 1.95. The maximum absolute atomic E-state index is 12.4. The van der Waals surface area contributed by atoms with E-state index in [1.165, 1.54) is 7.11 Å². The van der Waals surface area contributed by atoms with E-state index in [2.05, 4.69) is 0 Å². The van der Waals surface area contributed by atoms with Crippen LogP contribution < -0.4 is 0 Å². The molecule has 3 atom stereocenters. The number of hydrogen-bond acceptors (Lipinski definition) is 3. The van der Waals surface area contributed by atoms with Crippen molar-refractivity contribution in [2.24, 2.45) is 5.41 Å². The van der Waals surface area contributed by atoms with E-state index in [-0.39, 0.29) is 11.9 Å². The smallest absolute Gasteiger partial charge is 0.315 e. The van der Waals surface area contributed by atoms with E-state index in [1.54, 1.807) is 24.3 Å². The molecule has 1 saturated carbocycles. The Bertz CT molecular complexity index is 668. The van der Waals surface area contributed by atoms with Gasteiger partial charge in [0.15, 0.2) is 0 Å². The topological polar surface area (TPSA) is 46.5 Å². The van der Waals surface area contributed by atoms with Gasteiger partial charge in [0, 0.05) is 10.9 Å². The van der Waals surface area contributed by atoms with Crippen LogP contribution in [0, 0.1) is 5.41 Å². The number of ether oxygens (including phenoxy) is 1. The summed E-state index contributed by atoms with van der Waals surface area (Å²) in [7, 11) is 1.36. The van der Waals surface area contributed by atoms with Crippen LogP contribution in [-0.4, -0.2) is 18.2 Å². The summed E-state index contributed by atoms with van der Waals surface area (Å²) >= 11 is 5.89. The van der Waals surface area contributed by atoms with Gasteiger partial charge in [-0.05, 0) is 29.7 Å². The Hall–Kier alpha value is -1.84. The number of rotatable bonds is 4. The van der Waals surface area contributed by atoms with E-state index in [0.717, 1.165) is 5.56 Å². The van der Waals surface area contributed by atoms with Crippen LogP contribution in [0.3, 0.4) is 0 Å². The van der Waals surface area contributed by atoms with E-state index in [4.69, 9.17) is 16.3 Å². The molecule has 1 N–H and O–H groups in total. The van der Waals surface area contributed by atoms with Crippen LogP contribution in [0.2, 0.25) is 5.02 Å². The SMILES string of the molecule is COC(=O)[C@]1(C(O)c2ccc(Cl)cc2)C[C@@H]1c1ccccc1.